The molecule has 0 aromatic rings. The molecule has 0 fully saturated rings. The molecule has 0 aliphatic heterocycles. The molecule has 1 unspecified atom stereocenters. The quantitative estimate of drug-likeness (QED) is 0.446. The molecule has 1 atom stereocenters. The monoisotopic (exact) mass is 359 g/mol. The third-order valence-corrected chi connectivity index (χ3v) is 2.76. The van der Waals surface area contributed by atoms with Crippen molar-refractivity contribution in [1.29, 1.82) is 0 Å². The van der Waals surface area contributed by atoms with Crippen LogP contribution in [-0.2, 0) is 19.1 Å². The molecule has 0 radical (unpaired) electrons. The van der Waals surface area contributed by atoms with Gasteiger partial charge in [-0.2, -0.15) is 0 Å². The average molecular weight is 359 g/mol. The molecule has 0 spiro atoms. The Morgan fingerprint density at radius 3 is 2.00 bits per heavy atom. The molecule has 0 heterocycles. The normalized spacial score (nSPS) is 12.9. The van der Waals surface area contributed by atoms with Gasteiger partial charge in [0.05, 0.1) is 0 Å². The van der Waals surface area contributed by atoms with Gasteiger partial charge in [-0.3, -0.25) is 4.79 Å². The van der Waals surface area contributed by atoms with Gasteiger partial charge in [0, 0.05) is 0 Å². The number of carbonyl (C=O) groups excluding carboxylic acids is 3. The van der Waals surface area contributed by atoms with Crippen LogP contribution in [0.3, 0.4) is 0 Å². The lowest BCUT2D eigenvalue weighted by atomic mass is 10.1. The van der Waals surface area contributed by atoms with Crippen molar-refractivity contribution < 1.29 is 23.9 Å². The highest BCUT2D eigenvalue weighted by atomic mass is 16.6. The summed E-state index contributed by atoms with van der Waals surface area (Å²) in [5, 5.41) is 4.93. The van der Waals surface area contributed by atoms with Gasteiger partial charge >= 0.3 is 18.0 Å². The van der Waals surface area contributed by atoms with E-state index in [0.29, 0.717) is 19.4 Å². The van der Waals surface area contributed by atoms with Gasteiger partial charge < -0.3 is 25.8 Å². The van der Waals surface area contributed by atoms with Crippen LogP contribution in [0.1, 0.15) is 60.8 Å². The van der Waals surface area contributed by atoms with Crippen LogP contribution in [0.2, 0.25) is 0 Å². The number of rotatable bonds is 8. The third kappa shape index (κ3) is 13.2. The molecule has 2 amide bonds. The van der Waals surface area contributed by atoms with Crippen molar-refractivity contribution in [2.24, 2.45) is 5.73 Å². The van der Waals surface area contributed by atoms with Gasteiger partial charge in [-0.15, -0.1) is 0 Å². The Morgan fingerprint density at radius 2 is 1.52 bits per heavy atom. The number of nitrogens with two attached hydrogens (primary N) is 1. The van der Waals surface area contributed by atoms with E-state index in [9.17, 15) is 14.4 Å². The number of esters is 2. The second-order valence-electron chi connectivity index (χ2n) is 7.78. The van der Waals surface area contributed by atoms with Crippen LogP contribution in [0.5, 0.6) is 0 Å². The van der Waals surface area contributed by atoms with Crippen molar-refractivity contribution in [2.75, 3.05) is 13.1 Å². The lowest BCUT2D eigenvalue weighted by molar-refractivity contribution is -0.157. The van der Waals surface area contributed by atoms with Crippen molar-refractivity contribution in [1.82, 2.24) is 10.6 Å². The average Bonchev–Trinajstić information content (AvgIpc) is 2.40. The molecule has 0 aliphatic carbocycles. The Bertz CT molecular complexity index is 452. The summed E-state index contributed by atoms with van der Waals surface area (Å²) in [6.07, 6.45) is 1.82. The first-order valence-corrected chi connectivity index (χ1v) is 8.53. The third-order valence-electron chi connectivity index (χ3n) is 2.76. The van der Waals surface area contributed by atoms with Crippen LogP contribution in [0.25, 0.3) is 0 Å². The molecular formula is C17H33N3O5. The van der Waals surface area contributed by atoms with Crippen molar-refractivity contribution in [3.05, 3.63) is 0 Å². The summed E-state index contributed by atoms with van der Waals surface area (Å²) in [7, 11) is 0. The molecule has 0 saturated heterocycles. The summed E-state index contributed by atoms with van der Waals surface area (Å²) in [6.45, 7) is 10.7. The van der Waals surface area contributed by atoms with Gasteiger partial charge in [0.25, 0.3) is 0 Å². The Labute approximate surface area is 150 Å². The molecule has 0 rings (SSSR count). The van der Waals surface area contributed by atoms with Crippen LogP contribution in [-0.4, -0.2) is 48.3 Å². The molecule has 8 nitrogen and oxygen atoms in total. The predicted octanol–water partition coefficient (Wildman–Crippen LogP) is 1.47. The van der Waals surface area contributed by atoms with E-state index >= 15 is 0 Å². The van der Waals surface area contributed by atoms with E-state index in [1.54, 1.807) is 41.5 Å². The lowest BCUT2D eigenvalue weighted by Crippen LogP contribution is -2.49. The Morgan fingerprint density at radius 1 is 0.960 bits per heavy atom. The Hall–Kier alpha value is -1.83. The fraction of sp³-hybridized carbons (Fsp3) is 0.824. The van der Waals surface area contributed by atoms with E-state index in [1.807, 2.05) is 0 Å². The van der Waals surface area contributed by atoms with E-state index in [0.717, 1.165) is 6.42 Å². The number of urea groups is 1. The van der Waals surface area contributed by atoms with Gasteiger partial charge in [-0.25, -0.2) is 9.59 Å². The summed E-state index contributed by atoms with van der Waals surface area (Å²) >= 11 is 0. The molecular weight excluding hydrogens is 326 g/mol. The number of hydrogen-bond donors (Lipinski definition) is 3. The van der Waals surface area contributed by atoms with Crippen LogP contribution in [0.15, 0.2) is 0 Å². The van der Waals surface area contributed by atoms with Crippen molar-refractivity contribution in [2.45, 2.75) is 78.0 Å². The molecule has 4 N–H and O–H groups in total. The predicted molar refractivity (Wildman–Crippen MR) is 94.9 cm³/mol. The molecule has 0 bridgehead atoms. The molecule has 0 aromatic heterocycles. The fourth-order valence-corrected chi connectivity index (χ4v) is 1.85. The first-order chi connectivity index (χ1) is 11.3. The van der Waals surface area contributed by atoms with Gasteiger partial charge in [0.15, 0.2) is 0 Å². The highest BCUT2D eigenvalue weighted by Crippen LogP contribution is 2.11. The lowest BCUT2D eigenvalue weighted by Gasteiger charge is -2.25. The highest BCUT2D eigenvalue weighted by molar-refractivity contribution is 5.85. The van der Waals surface area contributed by atoms with Gasteiger partial charge in [-0.1, -0.05) is 0 Å². The van der Waals surface area contributed by atoms with E-state index in [1.165, 1.54) is 0 Å². The minimum Gasteiger partial charge on any atom is -0.459 e. The van der Waals surface area contributed by atoms with Crippen molar-refractivity contribution >= 4 is 18.0 Å². The van der Waals surface area contributed by atoms with Crippen LogP contribution < -0.4 is 16.4 Å². The van der Waals surface area contributed by atoms with Crippen LogP contribution >= 0.6 is 0 Å². The topological polar surface area (TPSA) is 120 Å². The van der Waals surface area contributed by atoms with E-state index in [-0.39, 0.29) is 6.54 Å². The summed E-state index contributed by atoms with van der Waals surface area (Å²) in [5.74, 6) is -1.07. The summed E-state index contributed by atoms with van der Waals surface area (Å²) in [5.41, 5.74) is 4.17. The summed E-state index contributed by atoms with van der Waals surface area (Å²) < 4.78 is 10.4. The SMILES string of the molecule is CC(C)(C)OC(=O)CNC(=O)NC(CCCCN)C(=O)OC(C)(C)C. The summed E-state index contributed by atoms with van der Waals surface area (Å²) in [6, 6.07) is -1.43. The zero-order chi connectivity index (χ0) is 19.7. The molecule has 8 heteroatoms. The van der Waals surface area contributed by atoms with Gasteiger partial charge in [-0.05, 0) is 67.3 Å². The van der Waals surface area contributed by atoms with Gasteiger partial charge in [0.1, 0.15) is 23.8 Å². The zero-order valence-electron chi connectivity index (χ0n) is 16.2. The minimum absolute atomic E-state index is 0.285. The zero-order valence-corrected chi connectivity index (χ0v) is 16.2. The molecule has 0 aliphatic rings. The number of ether oxygens (including phenoxy) is 2. The van der Waals surface area contributed by atoms with Crippen molar-refractivity contribution in [3.8, 4) is 0 Å². The minimum atomic E-state index is -0.801. The second-order valence-corrected chi connectivity index (χ2v) is 7.78. The maximum absolute atomic E-state index is 12.2. The molecule has 146 valence electrons. The van der Waals surface area contributed by atoms with E-state index < -0.39 is 35.2 Å². The fourth-order valence-electron chi connectivity index (χ4n) is 1.85. The maximum Gasteiger partial charge on any atom is 0.329 e. The number of carbonyl (C=O) groups is 3. The first kappa shape index (κ1) is 23.2. The second kappa shape index (κ2) is 10.2. The van der Waals surface area contributed by atoms with E-state index in [4.69, 9.17) is 15.2 Å². The Balaban J connectivity index is 4.58. The van der Waals surface area contributed by atoms with Crippen molar-refractivity contribution in [3.63, 3.8) is 0 Å². The smallest absolute Gasteiger partial charge is 0.329 e. The van der Waals surface area contributed by atoms with Crippen LogP contribution in [0.4, 0.5) is 4.79 Å². The molecule has 25 heavy (non-hydrogen) atoms. The maximum atomic E-state index is 12.2. The first-order valence-electron chi connectivity index (χ1n) is 8.53. The number of nitrogens with one attached hydrogen (secondary N) is 2. The molecule has 0 aromatic carbocycles. The standard InChI is InChI=1S/C17H33N3O5/c1-16(2,3)24-13(21)11-19-15(23)20-12(9-7-8-10-18)14(22)25-17(4,5)6/h12H,7-11,18H2,1-6H3,(H2,19,20,23). The Kier molecular flexibility index (Phi) is 9.48. The largest absolute Gasteiger partial charge is 0.459 e. The number of hydrogen-bond acceptors (Lipinski definition) is 6. The highest BCUT2D eigenvalue weighted by Gasteiger charge is 2.26. The summed E-state index contributed by atoms with van der Waals surface area (Å²) in [4.78, 5) is 35.8. The van der Waals surface area contributed by atoms with E-state index in [2.05, 4.69) is 10.6 Å². The number of amides is 2. The van der Waals surface area contributed by atoms with Gasteiger partial charge in [0.2, 0.25) is 0 Å². The van der Waals surface area contributed by atoms with Crippen LogP contribution in [0, 0.1) is 0 Å². The number of unbranched alkanes of at least 4 members (excludes halogenated alkanes) is 1. The molecule has 0 saturated carbocycles.